The lowest BCUT2D eigenvalue weighted by molar-refractivity contribution is 0.314. The molecule has 0 spiro atoms. The van der Waals surface area contributed by atoms with Gasteiger partial charge < -0.3 is 16.5 Å². The molecular weight excluding hydrogens is 409 g/mol. The summed E-state index contributed by atoms with van der Waals surface area (Å²) in [4.78, 5) is 0. The average Bonchev–Trinajstić information content (AvgIpc) is 2.31. The van der Waals surface area contributed by atoms with Crippen molar-refractivity contribution >= 4 is 43.0 Å². The molecule has 0 atom stereocenters. The number of benzene rings is 1. The minimum atomic E-state index is -2.24. The highest BCUT2D eigenvalue weighted by atomic mass is 28.5. The zero-order valence-corrected chi connectivity index (χ0v) is 23.5. The van der Waals surface area contributed by atoms with E-state index in [0.717, 1.165) is 6.04 Å². The summed E-state index contributed by atoms with van der Waals surface area (Å²) in [5, 5.41) is 0. The first kappa shape index (κ1) is 24.2. The smallest absolute Gasteiger partial charge is 0.312 e. The maximum atomic E-state index is 6.61. The molecule has 0 unspecified atom stereocenters. The molecule has 0 aliphatic rings. The molecule has 0 amide bonds. The Morgan fingerprint density at radius 1 is 0.654 bits per heavy atom. The first-order valence-electron chi connectivity index (χ1n) is 9.37. The lowest BCUT2D eigenvalue weighted by atomic mass is 10.2. The Morgan fingerprint density at radius 2 is 1.04 bits per heavy atom. The largest absolute Gasteiger partial charge is 0.437 e. The van der Waals surface area contributed by atoms with Gasteiger partial charge in [0.2, 0.25) is 0 Å². The Kier molecular flexibility index (Phi) is 8.46. The van der Waals surface area contributed by atoms with E-state index in [1.54, 1.807) is 0 Å². The van der Waals surface area contributed by atoms with Crippen molar-refractivity contribution in [2.24, 2.45) is 0 Å². The first-order chi connectivity index (χ1) is 11.6. The molecular formula is C17H38O4Si5. The third-order valence-corrected chi connectivity index (χ3v) is 19.5. The van der Waals surface area contributed by atoms with Crippen LogP contribution in [0.5, 0.6) is 0 Å². The van der Waals surface area contributed by atoms with E-state index in [2.05, 4.69) is 89.7 Å². The Bertz CT molecular complexity index is 523. The normalized spacial score (nSPS) is 14.1. The van der Waals surface area contributed by atoms with Crippen LogP contribution in [0.2, 0.25) is 65.5 Å². The molecule has 0 saturated heterocycles. The van der Waals surface area contributed by atoms with Gasteiger partial charge in [-0.3, -0.25) is 0 Å². The van der Waals surface area contributed by atoms with Crippen molar-refractivity contribution in [1.82, 2.24) is 0 Å². The summed E-state index contributed by atoms with van der Waals surface area (Å²) in [5.74, 6) is 0. The van der Waals surface area contributed by atoms with Crippen LogP contribution in [0.4, 0.5) is 0 Å². The van der Waals surface area contributed by atoms with Gasteiger partial charge in [-0.25, -0.2) is 0 Å². The second-order valence-electron chi connectivity index (χ2n) is 9.58. The molecule has 0 aliphatic carbocycles. The summed E-state index contributed by atoms with van der Waals surface area (Å²) in [6.07, 6.45) is 0. The molecule has 4 nitrogen and oxygen atoms in total. The van der Waals surface area contributed by atoms with Crippen molar-refractivity contribution < 1.29 is 16.5 Å². The van der Waals surface area contributed by atoms with E-state index in [4.69, 9.17) is 16.5 Å². The predicted molar refractivity (Wildman–Crippen MR) is 123 cm³/mol. The van der Waals surface area contributed by atoms with Crippen molar-refractivity contribution in [3.63, 3.8) is 0 Å². The molecule has 1 aromatic carbocycles. The Labute approximate surface area is 166 Å². The molecule has 0 N–H and O–H groups in total. The van der Waals surface area contributed by atoms with Gasteiger partial charge in [0.25, 0.3) is 0 Å². The van der Waals surface area contributed by atoms with E-state index in [1.165, 1.54) is 5.56 Å². The molecule has 0 heterocycles. The van der Waals surface area contributed by atoms with Gasteiger partial charge in [0.05, 0.1) is 0 Å². The van der Waals surface area contributed by atoms with Gasteiger partial charge in [0.1, 0.15) is 0 Å². The molecule has 0 fully saturated rings. The summed E-state index contributed by atoms with van der Waals surface area (Å²) < 4.78 is 26.0. The molecule has 26 heavy (non-hydrogen) atoms. The van der Waals surface area contributed by atoms with Crippen LogP contribution in [-0.2, 0) is 22.5 Å². The van der Waals surface area contributed by atoms with Gasteiger partial charge >= 0.3 is 26.4 Å². The monoisotopic (exact) mass is 446 g/mol. The highest BCUT2D eigenvalue weighted by molar-refractivity contribution is 6.86. The van der Waals surface area contributed by atoms with Crippen LogP contribution in [0.1, 0.15) is 5.56 Å². The predicted octanol–water partition coefficient (Wildman–Crippen LogP) is 5.13. The maximum Gasteiger partial charge on any atom is 0.312 e. The van der Waals surface area contributed by atoms with Crippen molar-refractivity contribution in [2.75, 3.05) is 0 Å². The molecule has 0 saturated carbocycles. The van der Waals surface area contributed by atoms with Gasteiger partial charge in [-0.1, -0.05) is 30.3 Å². The molecule has 0 aromatic heterocycles. The summed E-state index contributed by atoms with van der Waals surface area (Å²) in [6, 6.07) is 11.3. The van der Waals surface area contributed by atoms with E-state index in [0.29, 0.717) is 0 Å². The topological polar surface area (TPSA) is 36.9 Å². The highest BCUT2D eigenvalue weighted by Crippen LogP contribution is 2.22. The third kappa shape index (κ3) is 11.1. The van der Waals surface area contributed by atoms with E-state index in [9.17, 15) is 0 Å². The van der Waals surface area contributed by atoms with Crippen LogP contribution in [0.3, 0.4) is 0 Å². The quantitative estimate of drug-likeness (QED) is 0.467. The van der Waals surface area contributed by atoms with Crippen molar-refractivity contribution in [2.45, 2.75) is 71.5 Å². The maximum absolute atomic E-state index is 6.61. The lowest BCUT2D eigenvalue weighted by Gasteiger charge is -2.38. The highest BCUT2D eigenvalue weighted by Gasteiger charge is 2.39. The van der Waals surface area contributed by atoms with E-state index >= 15 is 0 Å². The first-order valence-corrected chi connectivity index (χ1v) is 23.6. The lowest BCUT2D eigenvalue weighted by Crippen LogP contribution is -2.54. The number of rotatable bonds is 10. The van der Waals surface area contributed by atoms with Crippen molar-refractivity contribution in [1.29, 1.82) is 0 Å². The second-order valence-corrected chi connectivity index (χ2v) is 28.4. The molecule has 1 aromatic rings. The minimum Gasteiger partial charge on any atom is -0.437 e. The van der Waals surface area contributed by atoms with Crippen LogP contribution in [0.15, 0.2) is 30.3 Å². The summed E-state index contributed by atoms with van der Waals surface area (Å²) in [5.41, 5.74) is 1.26. The van der Waals surface area contributed by atoms with E-state index in [-0.39, 0.29) is 0 Å². The minimum absolute atomic E-state index is 0.845. The third-order valence-electron chi connectivity index (χ3n) is 3.18. The van der Waals surface area contributed by atoms with Crippen LogP contribution in [-0.4, -0.2) is 43.0 Å². The van der Waals surface area contributed by atoms with Gasteiger partial charge in [-0.05, 0) is 71.0 Å². The van der Waals surface area contributed by atoms with Gasteiger partial charge in [0.15, 0.2) is 16.6 Å². The fourth-order valence-electron chi connectivity index (χ4n) is 3.07. The Morgan fingerprint density at radius 3 is 1.38 bits per heavy atom. The van der Waals surface area contributed by atoms with E-state index in [1.807, 2.05) is 6.07 Å². The number of hydrogen-bond acceptors (Lipinski definition) is 4. The number of hydrogen-bond donors (Lipinski definition) is 0. The fourth-order valence-corrected chi connectivity index (χ4v) is 23.1. The van der Waals surface area contributed by atoms with Gasteiger partial charge in [-0.15, -0.1) is 0 Å². The Balaban J connectivity index is 2.95. The second kappa shape index (κ2) is 9.10. The standard InChI is InChI=1S/C17H38O4Si5/c1-23(2,3)20-25(7,8)18-22(16-17-14-12-11-13-15-17)19-26(9,10)21-24(4,5)6/h11-15,22H,16H2,1-10H3. The zero-order valence-electron chi connectivity index (χ0n) is 18.3. The Hall–Kier alpha value is 0.144. The average molecular weight is 447 g/mol. The van der Waals surface area contributed by atoms with Gasteiger partial charge in [0, 0.05) is 6.04 Å². The van der Waals surface area contributed by atoms with Crippen LogP contribution in [0, 0.1) is 0 Å². The molecule has 9 heteroatoms. The van der Waals surface area contributed by atoms with Crippen molar-refractivity contribution in [3.8, 4) is 0 Å². The van der Waals surface area contributed by atoms with E-state index < -0.39 is 43.0 Å². The molecule has 0 aliphatic heterocycles. The zero-order chi connectivity index (χ0) is 20.2. The van der Waals surface area contributed by atoms with Crippen LogP contribution in [0.25, 0.3) is 0 Å². The summed E-state index contributed by atoms with van der Waals surface area (Å²) in [6.45, 7) is 21.9. The molecule has 0 radical (unpaired) electrons. The van der Waals surface area contributed by atoms with Crippen LogP contribution < -0.4 is 0 Å². The SMILES string of the molecule is C[Si](C)(C)O[Si](C)(C)O[SiH](Cc1ccccc1)O[Si](C)(C)O[Si](C)(C)C. The van der Waals surface area contributed by atoms with Crippen LogP contribution >= 0.6 is 0 Å². The molecule has 1 rings (SSSR count). The van der Waals surface area contributed by atoms with Crippen molar-refractivity contribution in [3.05, 3.63) is 35.9 Å². The summed E-state index contributed by atoms with van der Waals surface area (Å²) in [7, 11) is -9.76. The molecule has 150 valence electrons. The fraction of sp³-hybridized carbons (Fsp3) is 0.647. The van der Waals surface area contributed by atoms with Gasteiger partial charge in [-0.2, -0.15) is 0 Å². The summed E-state index contributed by atoms with van der Waals surface area (Å²) >= 11 is 0. The molecule has 0 bridgehead atoms.